The van der Waals surface area contributed by atoms with E-state index in [0.29, 0.717) is 17.8 Å². The van der Waals surface area contributed by atoms with Gasteiger partial charge in [-0.15, -0.1) is 10.2 Å². The summed E-state index contributed by atoms with van der Waals surface area (Å²) in [6.45, 7) is 8.59. The summed E-state index contributed by atoms with van der Waals surface area (Å²) in [5, 5.41) is 17.7. The number of hydrogen-bond acceptors (Lipinski definition) is 3. The highest BCUT2D eigenvalue weighted by atomic mass is 16.3. The molecule has 0 spiro atoms. The van der Waals surface area contributed by atoms with E-state index in [-0.39, 0.29) is 6.61 Å². The van der Waals surface area contributed by atoms with E-state index in [9.17, 15) is 5.11 Å². The molecule has 0 amide bonds. The molecular formula is C13H25N3O. The Labute approximate surface area is 104 Å². The fourth-order valence-electron chi connectivity index (χ4n) is 2.25. The molecule has 1 rings (SSSR count). The lowest BCUT2D eigenvalue weighted by atomic mass is 9.98. The molecule has 0 aliphatic heterocycles. The van der Waals surface area contributed by atoms with Gasteiger partial charge in [-0.1, -0.05) is 26.7 Å². The highest BCUT2D eigenvalue weighted by Crippen LogP contribution is 2.26. The van der Waals surface area contributed by atoms with E-state index in [1.54, 1.807) is 0 Å². The lowest BCUT2D eigenvalue weighted by molar-refractivity contribution is 0.260. The van der Waals surface area contributed by atoms with Gasteiger partial charge < -0.3 is 9.67 Å². The summed E-state index contributed by atoms with van der Waals surface area (Å²) < 4.78 is 2.09. The van der Waals surface area contributed by atoms with Gasteiger partial charge in [0.25, 0.3) is 0 Å². The number of aliphatic hydroxyl groups excluding tert-OH is 1. The van der Waals surface area contributed by atoms with Crippen molar-refractivity contribution in [3.8, 4) is 0 Å². The molecule has 0 aliphatic rings. The Kier molecular flexibility index (Phi) is 5.62. The van der Waals surface area contributed by atoms with Crippen molar-refractivity contribution in [1.29, 1.82) is 0 Å². The zero-order valence-electron chi connectivity index (χ0n) is 11.5. The molecule has 0 aromatic carbocycles. The van der Waals surface area contributed by atoms with E-state index in [2.05, 4.69) is 42.5 Å². The van der Waals surface area contributed by atoms with E-state index in [1.165, 1.54) is 12.8 Å². The van der Waals surface area contributed by atoms with Crippen LogP contribution in [0.2, 0.25) is 0 Å². The minimum atomic E-state index is -0.0323. The second-order valence-electron chi connectivity index (χ2n) is 4.84. The summed E-state index contributed by atoms with van der Waals surface area (Å²) in [5.41, 5.74) is 0. The number of aliphatic hydroxyl groups is 1. The van der Waals surface area contributed by atoms with E-state index < -0.39 is 0 Å². The summed E-state index contributed by atoms with van der Waals surface area (Å²) >= 11 is 0. The summed E-state index contributed by atoms with van der Waals surface area (Å²) in [4.78, 5) is 0. The molecule has 0 aliphatic carbocycles. The average Bonchev–Trinajstić information content (AvgIpc) is 2.74. The van der Waals surface area contributed by atoms with Crippen molar-refractivity contribution in [2.24, 2.45) is 0 Å². The quantitative estimate of drug-likeness (QED) is 0.795. The minimum absolute atomic E-state index is 0.0323. The molecule has 0 radical (unpaired) electrons. The first-order chi connectivity index (χ1) is 8.15. The van der Waals surface area contributed by atoms with E-state index in [0.717, 1.165) is 18.7 Å². The first kappa shape index (κ1) is 14.2. The molecule has 1 heterocycles. The Balaban J connectivity index is 2.97. The van der Waals surface area contributed by atoms with Gasteiger partial charge in [-0.3, -0.25) is 0 Å². The fourth-order valence-corrected chi connectivity index (χ4v) is 2.25. The maximum absolute atomic E-state index is 9.29. The number of rotatable bonds is 7. The van der Waals surface area contributed by atoms with Crippen molar-refractivity contribution in [3.05, 3.63) is 11.6 Å². The van der Waals surface area contributed by atoms with Crippen molar-refractivity contribution in [1.82, 2.24) is 14.8 Å². The van der Waals surface area contributed by atoms with Crippen molar-refractivity contribution >= 4 is 0 Å². The van der Waals surface area contributed by atoms with Crippen LogP contribution >= 0.6 is 0 Å². The molecule has 0 saturated heterocycles. The molecule has 4 heteroatoms. The minimum Gasteiger partial charge on any atom is -0.388 e. The lowest BCUT2D eigenvalue weighted by Crippen LogP contribution is -2.13. The maximum atomic E-state index is 9.29. The molecule has 1 aromatic rings. The highest BCUT2D eigenvalue weighted by molar-refractivity contribution is 5.03. The molecule has 4 nitrogen and oxygen atoms in total. The van der Waals surface area contributed by atoms with Crippen molar-refractivity contribution < 1.29 is 5.11 Å². The van der Waals surface area contributed by atoms with Crippen LogP contribution in [-0.4, -0.2) is 19.9 Å². The largest absolute Gasteiger partial charge is 0.388 e. The predicted molar refractivity (Wildman–Crippen MR) is 68.9 cm³/mol. The zero-order valence-corrected chi connectivity index (χ0v) is 11.5. The number of unbranched alkanes of at least 4 members (excludes halogenated alkanes) is 1. The SMILES string of the molecule is CCCCC(CC)c1nnc(CO)n1C(C)C. The van der Waals surface area contributed by atoms with Gasteiger partial charge in [0.15, 0.2) is 5.82 Å². The van der Waals surface area contributed by atoms with Crippen LogP contribution in [-0.2, 0) is 6.61 Å². The van der Waals surface area contributed by atoms with Gasteiger partial charge in [0.2, 0.25) is 0 Å². The molecule has 1 unspecified atom stereocenters. The lowest BCUT2D eigenvalue weighted by Gasteiger charge is -2.19. The number of aromatic nitrogens is 3. The van der Waals surface area contributed by atoms with E-state index in [1.807, 2.05) is 0 Å². The molecule has 1 aromatic heterocycles. The van der Waals surface area contributed by atoms with Gasteiger partial charge >= 0.3 is 0 Å². The zero-order chi connectivity index (χ0) is 12.8. The highest BCUT2D eigenvalue weighted by Gasteiger charge is 2.20. The van der Waals surface area contributed by atoms with Gasteiger partial charge in [0, 0.05) is 12.0 Å². The Morgan fingerprint density at radius 2 is 1.94 bits per heavy atom. The van der Waals surface area contributed by atoms with Gasteiger partial charge in [-0.2, -0.15) is 0 Å². The summed E-state index contributed by atoms with van der Waals surface area (Å²) in [6, 6.07) is 0.304. The second kappa shape index (κ2) is 6.74. The summed E-state index contributed by atoms with van der Waals surface area (Å²) in [6.07, 6.45) is 4.66. The van der Waals surface area contributed by atoms with E-state index in [4.69, 9.17) is 0 Å². The van der Waals surface area contributed by atoms with E-state index >= 15 is 0 Å². The van der Waals surface area contributed by atoms with Crippen molar-refractivity contribution in [2.75, 3.05) is 0 Å². The third kappa shape index (κ3) is 3.28. The fraction of sp³-hybridized carbons (Fsp3) is 0.846. The van der Waals surface area contributed by atoms with Gasteiger partial charge in [0.1, 0.15) is 12.4 Å². The smallest absolute Gasteiger partial charge is 0.159 e. The normalized spacial score (nSPS) is 13.3. The van der Waals surface area contributed by atoms with Crippen molar-refractivity contribution in [2.45, 2.75) is 71.9 Å². The van der Waals surface area contributed by atoms with Crippen LogP contribution in [0.15, 0.2) is 0 Å². The first-order valence-electron chi connectivity index (χ1n) is 6.70. The Morgan fingerprint density at radius 1 is 1.24 bits per heavy atom. The number of hydrogen-bond donors (Lipinski definition) is 1. The topological polar surface area (TPSA) is 50.9 Å². The van der Waals surface area contributed by atoms with Crippen LogP contribution in [0.1, 0.15) is 77.0 Å². The Morgan fingerprint density at radius 3 is 2.41 bits per heavy atom. The molecule has 17 heavy (non-hydrogen) atoms. The molecule has 0 saturated carbocycles. The van der Waals surface area contributed by atoms with Crippen LogP contribution in [0.3, 0.4) is 0 Å². The summed E-state index contributed by atoms with van der Waals surface area (Å²) in [5.74, 6) is 2.19. The Hall–Kier alpha value is -0.900. The standard InChI is InChI=1S/C13H25N3O/c1-5-7-8-11(6-2)13-15-14-12(9-17)16(13)10(3)4/h10-11,17H,5-9H2,1-4H3. The Bertz CT molecular complexity index is 333. The molecule has 98 valence electrons. The second-order valence-corrected chi connectivity index (χ2v) is 4.84. The van der Waals surface area contributed by atoms with Gasteiger partial charge in [-0.05, 0) is 26.7 Å². The third-order valence-corrected chi connectivity index (χ3v) is 3.21. The molecule has 0 fully saturated rings. The van der Waals surface area contributed by atoms with Crippen LogP contribution in [0.4, 0.5) is 0 Å². The molecule has 1 atom stereocenters. The predicted octanol–water partition coefficient (Wildman–Crippen LogP) is 3.04. The van der Waals surface area contributed by atoms with Gasteiger partial charge in [-0.25, -0.2) is 0 Å². The first-order valence-corrected chi connectivity index (χ1v) is 6.70. The molecule has 0 bridgehead atoms. The van der Waals surface area contributed by atoms with Crippen molar-refractivity contribution in [3.63, 3.8) is 0 Å². The van der Waals surface area contributed by atoms with Crippen LogP contribution in [0.25, 0.3) is 0 Å². The third-order valence-electron chi connectivity index (χ3n) is 3.21. The maximum Gasteiger partial charge on any atom is 0.159 e. The average molecular weight is 239 g/mol. The van der Waals surface area contributed by atoms with Crippen LogP contribution in [0, 0.1) is 0 Å². The summed E-state index contributed by atoms with van der Waals surface area (Å²) in [7, 11) is 0. The molecular weight excluding hydrogens is 214 g/mol. The van der Waals surface area contributed by atoms with Crippen LogP contribution in [0.5, 0.6) is 0 Å². The molecule has 1 N–H and O–H groups in total. The van der Waals surface area contributed by atoms with Crippen LogP contribution < -0.4 is 0 Å². The monoisotopic (exact) mass is 239 g/mol. The number of nitrogens with zero attached hydrogens (tertiary/aromatic N) is 3. The van der Waals surface area contributed by atoms with Gasteiger partial charge in [0.05, 0.1) is 0 Å².